The van der Waals surface area contributed by atoms with E-state index in [2.05, 4.69) is 38.8 Å². The largest absolute Gasteiger partial charge is 0.340 e. The molecule has 1 aliphatic heterocycles. The van der Waals surface area contributed by atoms with E-state index in [1.807, 2.05) is 24.5 Å². The number of nitrogens with one attached hydrogen (secondary N) is 3. The molecule has 2 fully saturated rings. The lowest BCUT2D eigenvalue weighted by molar-refractivity contribution is 0.527. The van der Waals surface area contributed by atoms with Crippen LogP contribution in [0.2, 0.25) is 0 Å². The lowest BCUT2D eigenvalue weighted by Crippen LogP contribution is -2.22. The fourth-order valence-electron chi connectivity index (χ4n) is 3.69. The number of aliphatic imine (C=N–C) groups is 1. The topological polar surface area (TPSA) is 90.9 Å². The third kappa shape index (κ3) is 3.75. The fraction of sp³-hybridized carbons (Fsp3) is 0.429. The van der Waals surface area contributed by atoms with Crippen LogP contribution in [0.15, 0.2) is 35.6 Å². The van der Waals surface area contributed by atoms with Crippen LogP contribution in [0.4, 0.5) is 17.5 Å². The van der Waals surface area contributed by atoms with Gasteiger partial charge in [0.05, 0.1) is 11.7 Å². The normalized spacial score (nSPS) is 21.8. The summed E-state index contributed by atoms with van der Waals surface area (Å²) < 4.78 is 0. The first-order valence-corrected chi connectivity index (χ1v) is 10.1. The highest BCUT2D eigenvalue weighted by atomic mass is 15.1. The number of benzene rings is 1. The van der Waals surface area contributed by atoms with Crippen LogP contribution >= 0.6 is 0 Å². The summed E-state index contributed by atoms with van der Waals surface area (Å²) >= 11 is 0. The lowest BCUT2D eigenvalue weighted by atomic mass is 10.1. The first kappa shape index (κ1) is 17.3. The first-order valence-electron chi connectivity index (χ1n) is 10.1. The minimum Gasteiger partial charge on any atom is -0.340 e. The minimum absolute atomic E-state index is 0.544. The molecule has 144 valence electrons. The van der Waals surface area contributed by atoms with Gasteiger partial charge in [0.1, 0.15) is 5.82 Å². The molecule has 3 aromatic rings. The Bertz CT molecular complexity index is 1020. The molecule has 1 saturated carbocycles. The number of aromatic nitrogens is 4. The molecule has 7 heteroatoms. The van der Waals surface area contributed by atoms with Crippen molar-refractivity contribution in [2.45, 2.75) is 38.5 Å². The zero-order valence-corrected chi connectivity index (χ0v) is 16.1. The Morgan fingerprint density at radius 2 is 2.11 bits per heavy atom. The van der Waals surface area contributed by atoms with Gasteiger partial charge in [-0.2, -0.15) is 10.1 Å². The Morgan fingerprint density at radius 3 is 3.00 bits per heavy atom. The van der Waals surface area contributed by atoms with Gasteiger partial charge in [0, 0.05) is 35.1 Å². The maximum absolute atomic E-state index is 4.78. The van der Waals surface area contributed by atoms with Gasteiger partial charge in [-0.25, -0.2) is 9.98 Å². The summed E-state index contributed by atoms with van der Waals surface area (Å²) in [4.78, 5) is 14.1. The van der Waals surface area contributed by atoms with Crippen LogP contribution in [0.5, 0.6) is 0 Å². The molecule has 1 aromatic carbocycles. The van der Waals surface area contributed by atoms with Gasteiger partial charge in [-0.05, 0) is 62.3 Å². The van der Waals surface area contributed by atoms with E-state index in [9.17, 15) is 0 Å². The Morgan fingerprint density at radius 1 is 1.18 bits per heavy atom. The highest BCUT2D eigenvalue weighted by Crippen LogP contribution is 2.43. The van der Waals surface area contributed by atoms with Gasteiger partial charge in [-0.15, -0.1) is 0 Å². The molecule has 5 rings (SSSR count). The van der Waals surface area contributed by atoms with Gasteiger partial charge in [-0.1, -0.05) is 6.92 Å². The van der Waals surface area contributed by atoms with Crippen molar-refractivity contribution in [3.63, 3.8) is 0 Å². The molecular formula is C21H25N7. The molecule has 0 spiro atoms. The minimum atomic E-state index is 0.544. The molecule has 3 heterocycles. The Kier molecular flexibility index (Phi) is 4.52. The summed E-state index contributed by atoms with van der Waals surface area (Å²) in [5.74, 6) is 2.65. The zero-order chi connectivity index (χ0) is 18.9. The second kappa shape index (κ2) is 7.31. The van der Waals surface area contributed by atoms with Crippen molar-refractivity contribution >= 4 is 34.1 Å². The molecule has 0 radical (unpaired) electrons. The molecule has 28 heavy (non-hydrogen) atoms. The van der Waals surface area contributed by atoms with E-state index in [-0.39, 0.29) is 0 Å². The van der Waals surface area contributed by atoms with Gasteiger partial charge in [0.2, 0.25) is 0 Å². The van der Waals surface area contributed by atoms with Crippen molar-refractivity contribution < 1.29 is 0 Å². The molecule has 1 saturated heterocycles. The third-order valence-corrected chi connectivity index (χ3v) is 5.53. The zero-order valence-electron chi connectivity index (χ0n) is 16.1. The molecule has 1 atom stereocenters. The standard InChI is InChI=1S/C21H25N7/c1-13-2-5-17(11-22-9-13)26-21-23-12-18(14-3-4-14)20(27-21)25-16-6-7-19-15(8-16)10-24-28-19/h6-8,10,12-14,22H,2-5,9,11H2,1H3,(H,24,28)(H,23,25,27). The van der Waals surface area contributed by atoms with E-state index in [0.29, 0.717) is 17.8 Å². The molecule has 0 amide bonds. The van der Waals surface area contributed by atoms with Crippen LogP contribution in [-0.4, -0.2) is 39.0 Å². The highest BCUT2D eigenvalue weighted by Gasteiger charge is 2.28. The van der Waals surface area contributed by atoms with Crippen LogP contribution in [0.3, 0.4) is 0 Å². The van der Waals surface area contributed by atoms with Crippen molar-refractivity contribution in [2.75, 3.05) is 18.4 Å². The van der Waals surface area contributed by atoms with E-state index in [1.54, 1.807) is 0 Å². The van der Waals surface area contributed by atoms with Crippen LogP contribution < -0.4 is 10.6 Å². The number of hydrogen-bond acceptors (Lipinski definition) is 6. The van der Waals surface area contributed by atoms with Crippen LogP contribution in [0.1, 0.15) is 44.1 Å². The van der Waals surface area contributed by atoms with Gasteiger partial charge in [-0.3, -0.25) is 5.10 Å². The summed E-state index contributed by atoms with van der Waals surface area (Å²) in [6.07, 6.45) is 8.35. The number of hydrogen-bond donors (Lipinski definition) is 3. The van der Waals surface area contributed by atoms with Crippen LogP contribution in [0.25, 0.3) is 10.9 Å². The smallest absolute Gasteiger partial charge is 0.251 e. The van der Waals surface area contributed by atoms with Gasteiger partial charge < -0.3 is 10.6 Å². The Balaban J connectivity index is 1.44. The van der Waals surface area contributed by atoms with Crippen LogP contribution in [0, 0.1) is 5.92 Å². The number of aromatic amines is 1. The van der Waals surface area contributed by atoms with Crippen molar-refractivity contribution in [1.29, 1.82) is 0 Å². The summed E-state index contributed by atoms with van der Waals surface area (Å²) in [5.41, 5.74) is 4.34. The monoisotopic (exact) mass is 375 g/mol. The number of nitrogens with zero attached hydrogens (tertiary/aromatic N) is 4. The number of H-pyrrole nitrogens is 1. The average molecular weight is 375 g/mol. The summed E-state index contributed by atoms with van der Waals surface area (Å²) in [5, 5.41) is 15.1. The molecule has 2 aliphatic rings. The maximum atomic E-state index is 4.78. The van der Waals surface area contributed by atoms with Gasteiger partial charge in [0.25, 0.3) is 5.95 Å². The fourth-order valence-corrected chi connectivity index (χ4v) is 3.69. The van der Waals surface area contributed by atoms with Crippen LogP contribution in [-0.2, 0) is 0 Å². The first-order chi connectivity index (χ1) is 13.7. The lowest BCUT2D eigenvalue weighted by Gasteiger charge is -2.11. The number of rotatable bonds is 4. The molecule has 1 unspecified atom stereocenters. The number of anilines is 2. The Labute approximate surface area is 164 Å². The summed E-state index contributed by atoms with van der Waals surface area (Å²) in [6.45, 7) is 4.14. The van der Waals surface area contributed by atoms with Crippen molar-refractivity contribution in [3.8, 4) is 0 Å². The predicted octanol–water partition coefficient (Wildman–Crippen LogP) is 4.07. The Hall–Kier alpha value is -2.80. The van der Waals surface area contributed by atoms with Gasteiger partial charge in [0.15, 0.2) is 0 Å². The van der Waals surface area contributed by atoms with E-state index < -0.39 is 0 Å². The van der Waals surface area contributed by atoms with E-state index >= 15 is 0 Å². The molecule has 0 bridgehead atoms. The van der Waals surface area contributed by atoms with Crippen molar-refractivity contribution in [2.24, 2.45) is 10.9 Å². The third-order valence-electron chi connectivity index (χ3n) is 5.53. The number of fused-ring (bicyclic) bond motifs is 1. The summed E-state index contributed by atoms with van der Waals surface area (Å²) in [6, 6.07) is 6.16. The molecule has 1 aliphatic carbocycles. The molecular weight excluding hydrogens is 350 g/mol. The second-order valence-corrected chi connectivity index (χ2v) is 8.00. The highest BCUT2D eigenvalue weighted by molar-refractivity contribution is 5.88. The van der Waals surface area contributed by atoms with Crippen molar-refractivity contribution in [3.05, 3.63) is 36.2 Å². The SMILES string of the molecule is CC1CCC(=Nc2ncc(C3CC3)c(Nc3ccc4[nH]ncc4c3)n2)CNC1. The van der Waals surface area contributed by atoms with Crippen molar-refractivity contribution in [1.82, 2.24) is 25.5 Å². The quantitative estimate of drug-likeness (QED) is 0.639. The van der Waals surface area contributed by atoms with E-state index in [1.165, 1.54) is 18.4 Å². The van der Waals surface area contributed by atoms with E-state index in [0.717, 1.165) is 54.1 Å². The average Bonchev–Trinajstić information content (AvgIpc) is 3.46. The predicted molar refractivity (Wildman–Crippen MR) is 112 cm³/mol. The second-order valence-electron chi connectivity index (χ2n) is 8.00. The molecule has 3 N–H and O–H groups in total. The van der Waals surface area contributed by atoms with Gasteiger partial charge >= 0.3 is 0 Å². The van der Waals surface area contributed by atoms with E-state index in [4.69, 9.17) is 9.98 Å². The summed E-state index contributed by atoms with van der Waals surface area (Å²) in [7, 11) is 0. The maximum Gasteiger partial charge on any atom is 0.251 e. The molecule has 7 nitrogen and oxygen atoms in total. The molecule has 2 aromatic heterocycles.